The number of nitrogens with zero attached hydrogens (tertiary/aromatic N) is 2. The van der Waals surface area contributed by atoms with Gasteiger partial charge in [0.05, 0.1) is 0 Å². The van der Waals surface area contributed by atoms with Gasteiger partial charge in [-0.25, -0.2) is 0 Å². The Morgan fingerprint density at radius 3 is 2.80 bits per heavy atom. The van der Waals surface area contributed by atoms with Crippen molar-refractivity contribution >= 4 is 29.2 Å². The summed E-state index contributed by atoms with van der Waals surface area (Å²) in [6.07, 6.45) is 6.04. The van der Waals surface area contributed by atoms with Crippen LogP contribution in [0.25, 0.3) is 0 Å². The molecular weight excluding hydrogens is 355 g/mol. The van der Waals surface area contributed by atoms with Crippen LogP contribution in [0.3, 0.4) is 0 Å². The number of aryl methyl sites for hydroxylation is 1. The number of guanidine groups is 1. The molecule has 0 spiro atoms. The Morgan fingerprint density at radius 1 is 1.24 bits per heavy atom. The van der Waals surface area contributed by atoms with Crippen LogP contribution in [0, 0.1) is 5.92 Å². The van der Waals surface area contributed by atoms with Crippen molar-refractivity contribution in [3.05, 3.63) is 33.8 Å². The van der Waals surface area contributed by atoms with Gasteiger partial charge in [-0.3, -0.25) is 4.99 Å². The Bertz CT molecular complexity index is 601. The third-order valence-corrected chi connectivity index (χ3v) is 5.68. The Hall–Kier alpha value is -0.970. The van der Waals surface area contributed by atoms with E-state index < -0.39 is 0 Å². The zero-order valence-electron chi connectivity index (χ0n) is 14.9. The maximum atomic E-state index is 6.21. The van der Waals surface area contributed by atoms with Crippen LogP contribution in [0.4, 0.5) is 0 Å². The maximum absolute atomic E-state index is 6.21. The number of hydrogen-bond donors (Lipinski definition) is 2. The highest BCUT2D eigenvalue weighted by Gasteiger charge is 2.34. The lowest BCUT2D eigenvalue weighted by atomic mass is 10.1. The van der Waals surface area contributed by atoms with Gasteiger partial charge >= 0.3 is 0 Å². The topological polar surface area (TPSA) is 39.7 Å². The highest BCUT2D eigenvalue weighted by atomic mass is 35.5. The summed E-state index contributed by atoms with van der Waals surface area (Å²) < 4.78 is 0. The number of benzene rings is 1. The highest BCUT2D eigenvalue weighted by Crippen LogP contribution is 2.31. The number of halogens is 2. The molecule has 1 aromatic rings. The zero-order chi connectivity index (χ0) is 17.6. The van der Waals surface area contributed by atoms with Gasteiger partial charge in [-0.05, 0) is 62.3 Å². The lowest BCUT2D eigenvalue weighted by molar-refractivity contribution is 0.314. The largest absolute Gasteiger partial charge is 0.356 e. The molecule has 2 N–H and O–H groups in total. The Labute approximate surface area is 161 Å². The minimum atomic E-state index is 0.684. The Kier molecular flexibility index (Phi) is 6.85. The van der Waals surface area contributed by atoms with Gasteiger partial charge in [-0.2, -0.15) is 0 Å². The fraction of sp³-hybridized carbons (Fsp3) is 0.632. The van der Waals surface area contributed by atoms with E-state index in [1.807, 2.05) is 19.2 Å². The van der Waals surface area contributed by atoms with Crippen LogP contribution in [0.15, 0.2) is 23.2 Å². The van der Waals surface area contributed by atoms with Crippen LogP contribution in [-0.2, 0) is 6.42 Å². The van der Waals surface area contributed by atoms with Gasteiger partial charge in [0.15, 0.2) is 5.96 Å². The average molecular weight is 383 g/mol. The lowest BCUT2D eigenvalue weighted by Gasteiger charge is -2.17. The summed E-state index contributed by atoms with van der Waals surface area (Å²) in [6, 6.07) is 6.59. The molecule has 1 aromatic carbocycles. The first-order chi connectivity index (χ1) is 12.2. The van der Waals surface area contributed by atoms with E-state index in [4.69, 9.17) is 23.2 Å². The van der Waals surface area contributed by atoms with Crippen LogP contribution in [0.2, 0.25) is 10.0 Å². The molecule has 0 aromatic heterocycles. The summed E-state index contributed by atoms with van der Waals surface area (Å²) in [5, 5.41) is 8.31. The molecule has 1 unspecified atom stereocenters. The quantitative estimate of drug-likeness (QED) is 0.430. The van der Waals surface area contributed by atoms with Gasteiger partial charge in [-0.1, -0.05) is 29.3 Å². The normalized spacial score (nSPS) is 21.6. The molecule has 2 fully saturated rings. The van der Waals surface area contributed by atoms with E-state index in [0.717, 1.165) is 54.4 Å². The molecule has 1 aliphatic heterocycles. The number of likely N-dealkylation sites (tertiary alicyclic amines) is 1. The van der Waals surface area contributed by atoms with Crippen molar-refractivity contribution in [2.45, 2.75) is 38.1 Å². The van der Waals surface area contributed by atoms with Crippen molar-refractivity contribution in [1.29, 1.82) is 0 Å². The van der Waals surface area contributed by atoms with E-state index in [1.54, 1.807) is 6.07 Å². The molecule has 3 rings (SSSR count). The number of hydrogen-bond acceptors (Lipinski definition) is 2. The molecule has 1 aliphatic carbocycles. The summed E-state index contributed by atoms with van der Waals surface area (Å²) in [6.45, 7) is 4.39. The van der Waals surface area contributed by atoms with Crippen LogP contribution in [0.5, 0.6) is 0 Å². The first kappa shape index (κ1) is 18.8. The molecule has 1 saturated heterocycles. The summed E-state index contributed by atoms with van der Waals surface area (Å²) in [7, 11) is 1.83. The molecule has 0 amide bonds. The van der Waals surface area contributed by atoms with Crippen molar-refractivity contribution in [3.63, 3.8) is 0 Å². The van der Waals surface area contributed by atoms with E-state index in [1.165, 1.54) is 32.4 Å². The van der Waals surface area contributed by atoms with Gasteiger partial charge < -0.3 is 15.5 Å². The molecule has 1 heterocycles. The molecule has 0 bridgehead atoms. The fourth-order valence-electron chi connectivity index (χ4n) is 3.47. The zero-order valence-corrected chi connectivity index (χ0v) is 16.4. The number of nitrogens with one attached hydrogen (secondary N) is 2. The third kappa shape index (κ3) is 5.77. The third-order valence-electron chi connectivity index (χ3n) is 5.09. The van der Waals surface area contributed by atoms with E-state index in [-0.39, 0.29) is 0 Å². The molecule has 25 heavy (non-hydrogen) atoms. The summed E-state index contributed by atoms with van der Waals surface area (Å²) in [5.74, 6) is 1.64. The molecule has 1 atom stereocenters. The van der Waals surface area contributed by atoms with Gasteiger partial charge in [0.2, 0.25) is 0 Å². The molecule has 6 heteroatoms. The molecule has 2 aliphatic rings. The van der Waals surface area contributed by atoms with Crippen LogP contribution in [0.1, 0.15) is 31.2 Å². The Balaban J connectivity index is 1.32. The fourth-order valence-corrected chi connectivity index (χ4v) is 3.98. The monoisotopic (exact) mass is 382 g/mol. The van der Waals surface area contributed by atoms with E-state index in [2.05, 4.69) is 20.5 Å². The van der Waals surface area contributed by atoms with Gasteiger partial charge in [0, 0.05) is 42.8 Å². The number of rotatable bonds is 7. The smallest absolute Gasteiger partial charge is 0.190 e. The van der Waals surface area contributed by atoms with Crippen LogP contribution in [-0.4, -0.2) is 50.1 Å². The summed E-state index contributed by atoms with van der Waals surface area (Å²) in [4.78, 5) is 6.98. The minimum Gasteiger partial charge on any atom is -0.356 e. The van der Waals surface area contributed by atoms with E-state index in [9.17, 15) is 0 Å². The molecule has 0 radical (unpaired) electrons. The summed E-state index contributed by atoms with van der Waals surface area (Å²) >= 11 is 12.1. The second kappa shape index (κ2) is 9.11. The standard InChI is InChI=1S/C19H28Cl2N4/c1-22-19(24-12-14-8-10-25(13-14)17-6-7-17)23-9-2-3-15-4-5-16(20)11-18(15)21/h4-5,11,14,17H,2-3,6-10,12-13H2,1H3,(H2,22,23,24). The second-order valence-corrected chi connectivity index (χ2v) is 7.94. The van der Waals surface area contributed by atoms with E-state index >= 15 is 0 Å². The SMILES string of the molecule is CN=C(NCCCc1ccc(Cl)cc1Cl)NCC1CCN(C2CC2)C1. The van der Waals surface area contributed by atoms with Crippen molar-refractivity contribution < 1.29 is 0 Å². The average Bonchev–Trinajstić information content (AvgIpc) is 3.34. The van der Waals surface area contributed by atoms with Crippen LogP contribution >= 0.6 is 23.2 Å². The molecule has 138 valence electrons. The summed E-state index contributed by atoms with van der Waals surface area (Å²) in [5.41, 5.74) is 1.14. The Morgan fingerprint density at radius 2 is 2.08 bits per heavy atom. The number of aliphatic imine (C=N–C) groups is 1. The minimum absolute atomic E-state index is 0.684. The van der Waals surface area contributed by atoms with E-state index in [0.29, 0.717) is 5.02 Å². The highest BCUT2D eigenvalue weighted by molar-refractivity contribution is 6.35. The molecule has 1 saturated carbocycles. The first-order valence-electron chi connectivity index (χ1n) is 9.28. The van der Waals surface area contributed by atoms with Crippen LogP contribution < -0.4 is 10.6 Å². The maximum Gasteiger partial charge on any atom is 0.190 e. The lowest BCUT2D eigenvalue weighted by Crippen LogP contribution is -2.40. The second-order valence-electron chi connectivity index (χ2n) is 7.10. The first-order valence-corrected chi connectivity index (χ1v) is 10.0. The van der Waals surface area contributed by atoms with Crippen molar-refractivity contribution in [2.75, 3.05) is 33.2 Å². The van der Waals surface area contributed by atoms with Gasteiger partial charge in [0.1, 0.15) is 0 Å². The van der Waals surface area contributed by atoms with Gasteiger partial charge in [0.25, 0.3) is 0 Å². The van der Waals surface area contributed by atoms with Crippen molar-refractivity contribution in [2.24, 2.45) is 10.9 Å². The van der Waals surface area contributed by atoms with Crippen molar-refractivity contribution in [3.8, 4) is 0 Å². The molecule has 4 nitrogen and oxygen atoms in total. The van der Waals surface area contributed by atoms with Crippen molar-refractivity contribution in [1.82, 2.24) is 15.5 Å². The van der Waals surface area contributed by atoms with Gasteiger partial charge in [-0.15, -0.1) is 0 Å². The predicted octanol–water partition coefficient (Wildman–Crippen LogP) is 3.58. The molecular formula is C19H28Cl2N4. The predicted molar refractivity (Wildman–Crippen MR) is 107 cm³/mol.